The molecule has 0 saturated heterocycles. The highest BCUT2D eigenvalue weighted by Crippen LogP contribution is 2.32. The first-order valence-corrected chi connectivity index (χ1v) is 7.39. The molecule has 3 rings (SSSR count). The van der Waals surface area contributed by atoms with E-state index in [4.69, 9.17) is 14.2 Å². The summed E-state index contributed by atoms with van der Waals surface area (Å²) in [5, 5.41) is 0. The van der Waals surface area contributed by atoms with Crippen LogP contribution < -0.4 is 9.47 Å². The molecule has 22 heavy (non-hydrogen) atoms. The molecule has 1 aliphatic rings. The quantitative estimate of drug-likeness (QED) is 0.766. The van der Waals surface area contributed by atoms with E-state index in [1.807, 2.05) is 48.5 Å². The van der Waals surface area contributed by atoms with E-state index in [1.54, 1.807) is 0 Å². The largest absolute Gasteiger partial charge is 0.461 e. The summed E-state index contributed by atoms with van der Waals surface area (Å²) in [6.45, 7) is 0.619. The van der Waals surface area contributed by atoms with Gasteiger partial charge in [0.05, 0.1) is 0 Å². The maximum atomic E-state index is 11.7. The van der Waals surface area contributed by atoms with Gasteiger partial charge in [-0.15, -0.1) is 0 Å². The van der Waals surface area contributed by atoms with Crippen LogP contribution in [-0.4, -0.2) is 12.8 Å². The van der Waals surface area contributed by atoms with Crippen molar-refractivity contribution in [2.24, 2.45) is 0 Å². The van der Waals surface area contributed by atoms with Crippen molar-refractivity contribution in [1.82, 2.24) is 0 Å². The lowest BCUT2D eigenvalue weighted by molar-refractivity contribution is -0.145. The molecule has 0 saturated carbocycles. The van der Waals surface area contributed by atoms with Crippen molar-refractivity contribution in [2.75, 3.05) is 6.79 Å². The Labute approximate surface area is 129 Å². The number of esters is 1. The van der Waals surface area contributed by atoms with E-state index in [0.717, 1.165) is 35.5 Å². The highest BCUT2D eigenvalue weighted by molar-refractivity contribution is 5.69. The van der Waals surface area contributed by atoms with Crippen molar-refractivity contribution in [3.05, 3.63) is 59.7 Å². The Balaban J connectivity index is 1.40. The van der Waals surface area contributed by atoms with Crippen LogP contribution in [0.3, 0.4) is 0 Å². The van der Waals surface area contributed by atoms with Gasteiger partial charge in [0.25, 0.3) is 0 Å². The Morgan fingerprint density at radius 1 is 1.00 bits per heavy atom. The number of rotatable bonds is 6. The van der Waals surface area contributed by atoms with Crippen molar-refractivity contribution in [2.45, 2.75) is 25.9 Å². The molecule has 0 fully saturated rings. The van der Waals surface area contributed by atoms with Crippen LogP contribution in [0.4, 0.5) is 0 Å². The maximum Gasteiger partial charge on any atom is 0.306 e. The van der Waals surface area contributed by atoms with Gasteiger partial charge in [-0.25, -0.2) is 0 Å². The first kappa shape index (κ1) is 14.4. The van der Waals surface area contributed by atoms with Crippen LogP contribution in [0.15, 0.2) is 48.5 Å². The average molecular weight is 298 g/mol. The van der Waals surface area contributed by atoms with Gasteiger partial charge in [-0.3, -0.25) is 4.79 Å². The first-order valence-electron chi connectivity index (χ1n) is 7.39. The normalized spacial score (nSPS) is 12.2. The fraction of sp³-hybridized carbons (Fsp3) is 0.278. The highest BCUT2D eigenvalue weighted by Gasteiger charge is 2.13. The van der Waals surface area contributed by atoms with Gasteiger partial charge in [-0.2, -0.15) is 0 Å². The molecule has 2 aromatic carbocycles. The number of hydrogen-bond acceptors (Lipinski definition) is 4. The third kappa shape index (κ3) is 3.79. The third-order valence-corrected chi connectivity index (χ3v) is 3.53. The van der Waals surface area contributed by atoms with Crippen molar-refractivity contribution in [3.63, 3.8) is 0 Å². The van der Waals surface area contributed by atoms with Crippen LogP contribution in [0.2, 0.25) is 0 Å². The van der Waals surface area contributed by atoms with Crippen molar-refractivity contribution in [1.29, 1.82) is 0 Å². The minimum absolute atomic E-state index is 0.162. The van der Waals surface area contributed by atoms with E-state index in [9.17, 15) is 4.79 Å². The highest BCUT2D eigenvalue weighted by atomic mass is 16.7. The summed E-state index contributed by atoms with van der Waals surface area (Å²) in [6, 6.07) is 15.6. The van der Waals surface area contributed by atoms with Crippen molar-refractivity contribution in [3.8, 4) is 11.5 Å². The van der Waals surface area contributed by atoms with Gasteiger partial charge >= 0.3 is 5.97 Å². The Kier molecular flexibility index (Phi) is 4.59. The zero-order valence-corrected chi connectivity index (χ0v) is 12.3. The van der Waals surface area contributed by atoms with Crippen LogP contribution in [-0.2, 0) is 22.6 Å². The Morgan fingerprint density at radius 3 is 2.68 bits per heavy atom. The second-order valence-corrected chi connectivity index (χ2v) is 5.19. The summed E-state index contributed by atoms with van der Waals surface area (Å²) in [5.41, 5.74) is 2.15. The molecule has 0 atom stereocenters. The minimum atomic E-state index is -0.162. The summed E-state index contributed by atoms with van der Waals surface area (Å²) in [4.78, 5) is 11.7. The van der Waals surface area contributed by atoms with Gasteiger partial charge in [-0.05, 0) is 36.1 Å². The molecule has 1 aliphatic heterocycles. The van der Waals surface area contributed by atoms with Crippen molar-refractivity contribution >= 4 is 5.97 Å². The summed E-state index contributed by atoms with van der Waals surface area (Å²) >= 11 is 0. The molecule has 0 N–H and O–H groups in total. The third-order valence-electron chi connectivity index (χ3n) is 3.53. The lowest BCUT2D eigenvalue weighted by Crippen LogP contribution is -2.04. The maximum absolute atomic E-state index is 11.7. The van der Waals surface area contributed by atoms with Crippen LogP contribution in [0.25, 0.3) is 0 Å². The van der Waals surface area contributed by atoms with Gasteiger partial charge in [0.1, 0.15) is 6.61 Å². The Hall–Kier alpha value is -2.49. The Morgan fingerprint density at radius 2 is 1.82 bits per heavy atom. The molecule has 0 aliphatic carbocycles. The molecular weight excluding hydrogens is 280 g/mol. The fourth-order valence-corrected chi connectivity index (χ4v) is 2.34. The van der Waals surface area contributed by atoms with Gasteiger partial charge < -0.3 is 14.2 Å². The molecule has 0 bridgehead atoms. The predicted molar refractivity (Wildman–Crippen MR) is 81.7 cm³/mol. The fourth-order valence-electron chi connectivity index (χ4n) is 2.34. The zero-order valence-electron chi connectivity index (χ0n) is 12.3. The lowest BCUT2D eigenvalue weighted by atomic mass is 10.1. The van der Waals surface area contributed by atoms with Crippen molar-refractivity contribution < 1.29 is 19.0 Å². The molecule has 0 unspecified atom stereocenters. The van der Waals surface area contributed by atoms with Crippen LogP contribution in [0, 0.1) is 0 Å². The lowest BCUT2D eigenvalue weighted by Gasteiger charge is -2.05. The summed E-state index contributed by atoms with van der Waals surface area (Å²) in [7, 11) is 0. The number of fused-ring (bicyclic) bond motifs is 1. The molecule has 4 heteroatoms. The van der Waals surface area contributed by atoms with Gasteiger partial charge in [0.2, 0.25) is 6.79 Å². The number of carbonyl (C=O) groups is 1. The summed E-state index contributed by atoms with van der Waals surface area (Å²) < 4.78 is 15.9. The van der Waals surface area contributed by atoms with E-state index >= 15 is 0 Å². The molecule has 2 aromatic rings. The van der Waals surface area contributed by atoms with Gasteiger partial charge in [-0.1, -0.05) is 36.4 Å². The molecule has 0 aromatic heterocycles. The molecule has 1 heterocycles. The zero-order chi connectivity index (χ0) is 15.2. The standard InChI is InChI=1S/C18H18O4/c19-18(20-12-15-5-2-1-3-6-15)8-4-7-14-9-10-16-17(11-14)22-13-21-16/h1-3,5-6,9-11H,4,7-8,12-13H2. The van der Waals surface area contributed by atoms with Crippen LogP contribution >= 0.6 is 0 Å². The van der Waals surface area contributed by atoms with E-state index in [0.29, 0.717) is 13.0 Å². The predicted octanol–water partition coefficient (Wildman–Crippen LogP) is 3.48. The van der Waals surface area contributed by atoms with Gasteiger partial charge in [0.15, 0.2) is 11.5 Å². The molecule has 0 amide bonds. The average Bonchev–Trinajstić information content (AvgIpc) is 3.02. The SMILES string of the molecule is O=C(CCCc1ccc2c(c1)OCO2)OCc1ccccc1. The monoisotopic (exact) mass is 298 g/mol. The minimum Gasteiger partial charge on any atom is -0.461 e. The molecule has 0 spiro atoms. The number of ether oxygens (including phenoxy) is 3. The summed E-state index contributed by atoms with van der Waals surface area (Å²) in [5.74, 6) is 1.40. The van der Waals surface area contributed by atoms with E-state index in [2.05, 4.69) is 0 Å². The van der Waals surface area contributed by atoms with E-state index in [1.165, 1.54) is 0 Å². The smallest absolute Gasteiger partial charge is 0.306 e. The first-order chi connectivity index (χ1) is 10.8. The number of benzene rings is 2. The Bertz CT molecular complexity index is 637. The van der Waals surface area contributed by atoms with Crippen LogP contribution in [0.1, 0.15) is 24.0 Å². The van der Waals surface area contributed by atoms with E-state index in [-0.39, 0.29) is 12.8 Å². The molecule has 4 nitrogen and oxygen atoms in total. The topological polar surface area (TPSA) is 44.8 Å². The number of aryl methyl sites for hydroxylation is 1. The second kappa shape index (κ2) is 6.98. The second-order valence-electron chi connectivity index (χ2n) is 5.19. The number of carbonyl (C=O) groups excluding carboxylic acids is 1. The molecule has 114 valence electrons. The molecule has 0 radical (unpaired) electrons. The van der Waals surface area contributed by atoms with Gasteiger partial charge in [0, 0.05) is 6.42 Å². The van der Waals surface area contributed by atoms with Crippen LogP contribution in [0.5, 0.6) is 11.5 Å². The van der Waals surface area contributed by atoms with E-state index < -0.39 is 0 Å². The number of hydrogen-bond donors (Lipinski definition) is 0. The summed E-state index contributed by atoms with van der Waals surface area (Å²) in [6.07, 6.45) is 1.99. The molecular formula is C18H18O4.